The minimum Gasteiger partial charge on any atom is -0.478 e. The van der Waals surface area contributed by atoms with Crippen LogP contribution in [0.3, 0.4) is 0 Å². The Morgan fingerprint density at radius 1 is 1.25 bits per heavy atom. The smallest absolute Gasteiger partial charge is 0.336 e. The van der Waals surface area contributed by atoms with E-state index in [1.54, 1.807) is 30.3 Å². The number of aliphatic carboxylic acids is 1. The van der Waals surface area contributed by atoms with E-state index in [1.807, 2.05) is 0 Å². The number of carbonyl (C=O) groups excluding carboxylic acids is 1. The van der Waals surface area contributed by atoms with E-state index in [2.05, 4.69) is 6.58 Å². The molecule has 82 valence electrons. The van der Waals surface area contributed by atoms with E-state index >= 15 is 0 Å². The minimum atomic E-state index is -1.20. The van der Waals surface area contributed by atoms with Gasteiger partial charge in [-0.3, -0.25) is 0 Å². The Labute approximate surface area is 92.5 Å². The summed E-state index contributed by atoms with van der Waals surface area (Å²) in [6.45, 7) is 3.57. The van der Waals surface area contributed by atoms with Crippen LogP contribution in [0.1, 0.15) is 5.56 Å². The van der Waals surface area contributed by atoms with E-state index in [4.69, 9.17) is 9.84 Å². The molecule has 1 aromatic rings. The quantitative estimate of drug-likeness (QED) is 0.476. The van der Waals surface area contributed by atoms with Crippen LogP contribution in [0.25, 0.3) is 6.08 Å². The van der Waals surface area contributed by atoms with Gasteiger partial charge in [-0.1, -0.05) is 30.9 Å². The van der Waals surface area contributed by atoms with Gasteiger partial charge >= 0.3 is 11.9 Å². The summed E-state index contributed by atoms with van der Waals surface area (Å²) >= 11 is 0. The average molecular weight is 218 g/mol. The molecule has 16 heavy (non-hydrogen) atoms. The fourth-order valence-electron chi connectivity index (χ4n) is 1.02. The Hall–Kier alpha value is -2.36. The van der Waals surface area contributed by atoms with Crippen LogP contribution in [0, 0.1) is 0 Å². The lowest BCUT2D eigenvalue weighted by Gasteiger charge is -2.04. The molecule has 0 aliphatic heterocycles. The summed E-state index contributed by atoms with van der Waals surface area (Å²) in [5.41, 5.74) is 0.666. The maximum atomic E-state index is 11.2. The monoisotopic (exact) mass is 218 g/mol. The fourth-order valence-corrected chi connectivity index (χ4v) is 1.02. The maximum Gasteiger partial charge on any atom is 0.336 e. The van der Waals surface area contributed by atoms with Crippen molar-refractivity contribution in [1.29, 1.82) is 0 Å². The summed E-state index contributed by atoms with van der Waals surface area (Å²) in [7, 11) is 0. The van der Waals surface area contributed by atoms with Crippen LogP contribution in [-0.4, -0.2) is 17.0 Å². The maximum absolute atomic E-state index is 11.2. The van der Waals surface area contributed by atoms with E-state index in [0.29, 0.717) is 11.3 Å². The number of carboxylic acid groups (broad SMARTS) is 1. The summed E-state index contributed by atoms with van der Waals surface area (Å²) < 4.78 is 4.93. The van der Waals surface area contributed by atoms with Crippen molar-refractivity contribution >= 4 is 18.0 Å². The molecule has 0 fully saturated rings. The normalized spacial score (nSPS) is 10.0. The van der Waals surface area contributed by atoms with E-state index in [0.717, 1.165) is 12.2 Å². The predicted molar refractivity (Wildman–Crippen MR) is 58.9 cm³/mol. The SMILES string of the molecule is C=Cc1ccccc1OC(=O)/C=C\C(=O)O. The zero-order valence-electron chi connectivity index (χ0n) is 8.42. The molecule has 0 saturated carbocycles. The standard InChI is InChI=1S/C12H10O4/c1-2-9-5-3-4-6-10(9)16-12(15)8-7-11(13)14/h2-8H,1H2,(H,13,14)/b8-7-. The van der Waals surface area contributed by atoms with Gasteiger partial charge in [-0.25, -0.2) is 9.59 Å². The first-order chi connectivity index (χ1) is 7.63. The highest BCUT2D eigenvalue weighted by Gasteiger charge is 2.04. The van der Waals surface area contributed by atoms with Gasteiger partial charge < -0.3 is 9.84 Å². The highest BCUT2D eigenvalue weighted by molar-refractivity contribution is 5.92. The topological polar surface area (TPSA) is 63.6 Å². The minimum absolute atomic E-state index is 0.345. The van der Waals surface area contributed by atoms with Crippen LogP contribution >= 0.6 is 0 Å². The lowest BCUT2D eigenvalue weighted by molar-refractivity contribution is -0.133. The molecule has 0 heterocycles. The van der Waals surface area contributed by atoms with Gasteiger partial charge in [0.1, 0.15) is 5.75 Å². The Morgan fingerprint density at radius 3 is 2.56 bits per heavy atom. The summed E-state index contributed by atoms with van der Waals surface area (Å²) in [6, 6.07) is 6.82. The molecule has 0 aromatic heterocycles. The second-order valence-corrected chi connectivity index (χ2v) is 2.83. The molecule has 1 rings (SSSR count). The van der Waals surface area contributed by atoms with Gasteiger partial charge in [0.15, 0.2) is 0 Å². The van der Waals surface area contributed by atoms with E-state index in [1.165, 1.54) is 0 Å². The zero-order chi connectivity index (χ0) is 12.0. The number of hydrogen-bond acceptors (Lipinski definition) is 3. The summed E-state index contributed by atoms with van der Waals surface area (Å²) in [5, 5.41) is 8.32. The van der Waals surface area contributed by atoms with Gasteiger partial charge in [0.2, 0.25) is 0 Å². The van der Waals surface area contributed by atoms with Crippen LogP contribution in [0.5, 0.6) is 5.75 Å². The molecule has 0 aliphatic rings. The molecule has 0 unspecified atom stereocenters. The van der Waals surface area contributed by atoms with Crippen LogP contribution in [0.2, 0.25) is 0 Å². The van der Waals surface area contributed by atoms with Crippen LogP contribution < -0.4 is 4.74 Å². The molecule has 0 amide bonds. The first-order valence-electron chi connectivity index (χ1n) is 4.48. The van der Waals surface area contributed by atoms with Gasteiger partial charge in [-0.05, 0) is 6.07 Å². The number of ether oxygens (including phenoxy) is 1. The van der Waals surface area contributed by atoms with Gasteiger partial charge in [0, 0.05) is 17.7 Å². The van der Waals surface area contributed by atoms with Gasteiger partial charge in [-0.15, -0.1) is 0 Å². The van der Waals surface area contributed by atoms with Crippen molar-refractivity contribution in [3.05, 3.63) is 48.6 Å². The molecule has 1 aromatic carbocycles. The van der Waals surface area contributed by atoms with E-state index in [9.17, 15) is 9.59 Å². The number of para-hydroxylation sites is 1. The van der Waals surface area contributed by atoms with Crippen molar-refractivity contribution in [2.24, 2.45) is 0 Å². The molecule has 0 atom stereocenters. The highest BCUT2D eigenvalue weighted by Crippen LogP contribution is 2.18. The molecular weight excluding hydrogens is 208 g/mol. The number of hydrogen-bond donors (Lipinski definition) is 1. The lowest BCUT2D eigenvalue weighted by Crippen LogP contribution is -2.05. The third-order valence-corrected chi connectivity index (χ3v) is 1.71. The summed E-state index contributed by atoms with van der Waals surface area (Å²) in [4.78, 5) is 21.3. The lowest BCUT2D eigenvalue weighted by atomic mass is 10.2. The molecule has 0 spiro atoms. The van der Waals surface area contributed by atoms with E-state index < -0.39 is 11.9 Å². The molecule has 0 bridgehead atoms. The van der Waals surface area contributed by atoms with Crippen molar-refractivity contribution in [3.8, 4) is 5.75 Å². The first-order valence-corrected chi connectivity index (χ1v) is 4.48. The second-order valence-electron chi connectivity index (χ2n) is 2.83. The summed E-state index contributed by atoms with van der Waals surface area (Å²) in [6.07, 6.45) is 3.12. The summed E-state index contributed by atoms with van der Waals surface area (Å²) in [5.74, 6) is -1.59. The molecule has 4 nitrogen and oxygen atoms in total. The van der Waals surface area contributed by atoms with Gasteiger partial charge in [0.25, 0.3) is 0 Å². The predicted octanol–water partition coefficient (Wildman–Crippen LogP) is 1.88. The second kappa shape index (κ2) is 5.50. The molecule has 0 saturated heterocycles. The van der Waals surface area contributed by atoms with Crippen LogP contribution in [0.4, 0.5) is 0 Å². The first kappa shape index (κ1) is 11.7. The van der Waals surface area contributed by atoms with Crippen molar-refractivity contribution in [2.75, 3.05) is 0 Å². The largest absolute Gasteiger partial charge is 0.478 e. The third-order valence-electron chi connectivity index (χ3n) is 1.71. The van der Waals surface area contributed by atoms with Crippen molar-refractivity contribution in [3.63, 3.8) is 0 Å². The van der Waals surface area contributed by atoms with Gasteiger partial charge in [0.05, 0.1) is 0 Å². The van der Waals surface area contributed by atoms with E-state index in [-0.39, 0.29) is 0 Å². The number of benzene rings is 1. The fraction of sp³-hybridized carbons (Fsp3) is 0. The average Bonchev–Trinajstić information content (AvgIpc) is 2.27. The van der Waals surface area contributed by atoms with Crippen molar-refractivity contribution in [1.82, 2.24) is 0 Å². The van der Waals surface area contributed by atoms with Crippen molar-refractivity contribution < 1.29 is 19.4 Å². The number of esters is 1. The molecule has 0 radical (unpaired) electrons. The Morgan fingerprint density at radius 2 is 1.94 bits per heavy atom. The Kier molecular flexibility index (Phi) is 4.03. The molecular formula is C12H10O4. The van der Waals surface area contributed by atoms with Crippen molar-refractivity contribution in [2.45, 2.75) is 0 Å². The number of carbonyl (C=O) groups is 2. The Balaban J connectivity index is 2.77. The number of rotatable bonds is 4. The van der Waals surface area contributed by atoms with Gasteiger partial charge in [-0.2, -0.15) is 0 Å². The third kappa shape index (κ3) is 3.42. The molecule has 0 aliphatic carbocycles. The zero-order valence-corrected chi connectivity index (χ0v) is 8.42. The van der Waals surface area contributed by atoms with Crippen LogP contribution in [-0.2, 0) is 9.59 Å². The Bertz CT molecular complexity index is 446. The van der Waals surface area contributed by atoms with Crippen LogP contribution in [0.15, 0.2) is 43.0 Å². The molecule has 4 heteroatoms. The molecule has 1 N–H and O–H groups in total. The number of carboxylic acids is 1. The highest BCUT2D eigenvalue weighted by atomic mass is 16.5.